The predicted molar refractivity (Wildman–Crippen MR) is 72.6 cm³/mol. The Morgan fingerprint density at radius 2 is 2.21 bits per heavy atom. The van der Waals surface area contributed by atoms with Crippen molar-refractivity contribution >= 4 is 0 Å². The van der Waals surface area contributed by atoms with Crippen LogP contribution in [0, 0.1) is 0 Å². The van der Waals surface area contributed by atoms with Gasteiger partial charge in [0.15, 0.2) is 11.5 Å². The van der Waals surface area contributed by atoms with E-state index in [1.165, 1.54) is 0 Å². The summed E-state index contributed by atoms with van der Waals surface area (Å²) >= 11 is 0. The number of para-hydroxylation sites is 1. The summed E-state index contributed by atoms with van der Waals surface area (Å²) in [6.07, 6.45) is 4.22. The first-order chi connectivity index (χ1) is 9.23. The first-order valence-corrected chi connectivity index (χ1v) is 6.94. The molecule has 0 bridgehead atoms. The third-order valence-corrected chi connectivity index (χ3v) is 3.92. The van der Waals surface area contributed by atoms with Crippen molar-refractivity contribution in [2.75, 3.05) is 20.3 Å². The van der Waals surface area contributed by atoms with Crippen molar-refractivity contribution in [1.82, 2.24) is 0 Å². The van der Waals surface area contributed by atoms with Gasteiger partial charge in [0.25, 0.3) is 0 Å². The topological polar surface area (TPSA) is 53.7 Å². The van der Waals surface area contributed by atoms with Crippen LogP contribution in [0.3, 0.4) is 0 Å². The molecule has 1 aromatic carbocycles. The smallest absolute Gasteiger partial charge is 0.165 e. The second-order valence-corrected chi connectivity index (χ2v) is 5.45. The van der Waals surface area contributed by atoms with Crippen LogP contribution >= 0.6 is 0 Å². The average Bonchev–Trinajstić information content (AvgIpc) is 3.19. The third kappa shape index (κ3) is 2.55. The van der Waals surface area contributed by atoms with E-state index in [-0.39, 0.29) is 11.6 Å². The maximum absolute atomic E-state index is 6.29. The molecule has 2 N–H and O–H groups in total. The Balaban J connectivity index is 1.83. The Bertz CT molecular complexity index is 451. The van der Waals surface area contributed by atoms with Crippen LogP contribution in [0.1, 0.15) is 31.2 Å². The van der Waals surface area contributed by atoms with E-state index in [9.17, 15) is 0 Å². The van der Waals surface area contributed by atoms with Crippen molar-refractivity contribution in [3.8, 4) is 11.5 Å². The van der Waals surface area contributed by atoms with Crippen molar-refractivity contribution in [3.63, 3.8) is 0 Å². The molecule has 1 unspecified atom stereocenters. The van der Waals surface area contributed by atoms with Crippen LogP contribution in [-0.2, 0) is 10.3 Å². The maximum Gasteiger partial charge on any atom is 0.165 e. The highest BCUT2D eigenvalue weighted by molar-refractivity contribution is 5.51. The number of hydrogen-bond acceptors (Lipinski definition) is 4. The number of rotatable bonds is 4. The molecule has 0 amide bonds. The fourth-order valence-corrected chi connectivity index (χ4v) is 2.60. The van der Waals surface area contributed by atoms with E-state index in [0.29, 0.717) is 6.61 Å². The highest BCUT2D eigenvalue weighted by atomic mass is 16.5. The van der Waals surface area contributed by atoms with E-state index in [1.807, 2.05) is 18.2 Å². The zero-order chi connectivity index (χ0) is 13.3. The lowest BCUT2D eigenvalue weighted by Crippen LogP contribution is -2.28. The van der Waals surface area contributed by atoms with Crippen molar-refractivity contribution in [2.45, 2.75) is 37.3 Å². The summed E-state index contributed by atoms with van der Waals surface area (Å²) in [7, 11) is 1.68. The van der Waals surface area contributed by atoms with Crippen LogP contribution in [-0.4, -0.2) is 26.4 Å². The summed E-state index contributed by atoms with van der Waals surface area (Å²) < 4.78 is 17.0. The second kappa shape index (κ2) is 5.02. The van der Waals surface area contributed by atoms with E-state index in [1.54, 1.807) is 7.11 Å². The maximum atomic E-state index is 6.29. The van der Waals surface area contributed by atoms with Gasteiger partial charge in [-0.05, 0) is 31.7 Å². The van der Waals surface area contributed by atoms with Gasteiger partial charge in [-0.3, -0.25) is 0 Å². The average molecular weight is 263 g/mol. The lowest BCUT2D eigenvalue weighted by atomic mass is 10.0. The molecule has 1 saturated heterocycles. The molecule has 0 radical (unpaired) electrons. The Kier molecular flexibility index (Phi) is 3.37. The molecule has 19 heavy (non-hydrogen) atoms. The Labute approximate surface area is 113 Å². The molecule has 1 atom stereocenters. The molecule has 4 heteroatoms. The first-order valence-electron chi connectivity index (χ1n) is 6.94. The quantitative estimate of drug-likeness (QED) is 0.904. The van der Waals surface area contributed by atoms with Gasteiger partial charge in [0.2, 0.25) is 0 Å². The highest BCUT2D eigenvalue weighted by Gasteiger charge is 2.43. The molecule has 4 nitrogen and oxygen atoms in total. The molecule has 104 valence electrons. The molecule has 1 aliphatic carbocycles. The van der Waals surface area contributed by atoms with Gasteiger partial charge in [-0.2, -0.15) is 0 Å². The molecular formula is C15H21NO3. The summed E-state index contributed by atoms with van der Waals surface area (Å²) in [6.45, 7) is 1.49. The van der Waals surface area contributed by atoms with Gasteiger partial charge < -0.3 is 19.9 Å². The number of benzene rings is 1. The minimum atomic E-state index is -0.215. The van der Waals surface area contributed by atoms with Crippen LogP contribution in [0.5, 0.6) is 11.5 Å². The van der Waals surface area contributed by atoms with Gasteiger partial charge in [-0.1, -0.05) is 12.1 Å². The summed E-state index contributed by atoms with van der Waals surface area (Å²) in [4.78, 5) is 0. The fraction of sp³-hybridized carbons (Fsp3) is 0.600. The van der Waals surface area contributed by atoms with E-state index in [0.717, 1.165) is 49.4 Å². The molecule has 1 aliphatic heterocycles. The third-order valence-electron chi connectivity index (χ3n) is 3.92. The van der Waals surface area contributed by atoms with Gasteiger partial charge in [0.05, 0.1) is 13.7 Å². The lowest BCUT2D eigenvalue weighted by Gasteiger charge is -2.25. The van der Waals surface area contributed by atoms with Gasteiger partial charge in [-0.25, -0.2) is 0 Å². The van der Waals surface area contributed by atoms with E-state index < -0.39 is 0 Å². The minimum Gasteiger partial charge on any atom is -0.493 e. The van der Waals surface area contributed by atoms with Crippen LogP contribution in [0.25, 0.3) is 0 Å². The van der Waals surface area contributed by atoms with Crippen LogP contribution in [0.2, 0.25) is 0 Å². The largest absolute Gasteiger partial charge is 0.493 e. The zero-order valence-electron chi connectivity index (χ0n) is 11.4. The molecular weight excluding hydrogens is 242 g/mol. The molecule has 3 rings (SSSR count). The number of nitrogens with two attached hydrogens (primary N) is 1. The summed E-state index contributed by atoms with van der Waals surface area (Å²) in [5, 5.41) is 0. The molecule has 1 saturated carbocycles. The van der Waals surface area contributed by atoms with Crippen molar-refractivity contribution in [2.24, 2.45) is 5.73 Å². The van der Waals surface area contributed by atoms with Crippen molar-refractivity contribution in [1.29, 1.82) is 0 Å². The number of methoxy groups -OCH3 is 1. The van der Waals surface area contributed by atoms with Gasteiger partial charge in [-0.15, -0.1) is 0 Å². The van der Waals surface area contributed by atoms with Crippen LogP contribution in [0.4, 0.5) is 0 Å². The van der Waals surface area contributed by atoms with Crippen molar-refractivity contribution in [3.05, 3.63) is 23.8 Å². The van der Waals surface area contributed by atoms with Crippen molar-refractivity contribution < 1.29 is 14.2 Å². The first kappa shape index (κ1) is 12.8. The number of hydrogen-bond donors (Lipinski definition) is 1. The molecule has 1 heterocycles. The highest BCUT2D eigenvalue weighted by Crippen LogP contribution is 2.49. The summed E-state index contributed by atoms with van der Waals surface area (Å²) in [5.41, 5.74) is 7.13. The standard InChI is InChI=1S/C15H21NO3/c1-17-14-12(15(16)7-8-15)5-2-6-13(14)19-11-4-3-9-18-10-11/h2,5-6,11H,3-4,7-10,16H2,1H3. The van der Waals surface area contributed by atoms with E-state index in [4.69, 9.17) is 19.9 Å². The Morgan fingerprint density at radius 1 is 1.37 bits per heavy atom. The number of ether oxygens (including phenoxy) is 3. The SMILES string of the molecule is COc1c(OC2CCCOC2)cccc1C1(N)CC1. The molecule has 0 spiro atoms. The van der Waals surface area contributed by atoms with Crippen LogP contribution < -0.4 is 15.2 Å². The zero-order valence-corrected chi connectivity index (χ0v) is 11.4. The predicted octanol–water partition coefficient (Wildman–Crippen LogP) is 2.20. The fourth-order valence-electron chi connectivity index (χ4n) is 2.60. The van der Waals surface area contributed by atoms with Crippen LogP contribution in [0.15, 0.2) is 18.2 Å². The normalized spacial score (nSPS) is 24.8. The van der Waals surface area contributed by atoms with E-state index >= 15 is 0 Å². The van der Waals surface area contributed by atoms with Gasteiger partial charge in [0.1, 0.15) is 6.10 Å². The lowest BCUT2D eigenvalue weighted by molar-refractivity contribution is 0.00636. The minimum absolute atomic E-state index is 0.117. The van der Waals surface area contributed by atoms with Gasteiger partial charge in [0, 0.05) is 17.7 Å². The Morgan fingerprint density at radius 3 is 2.84 bits per heavy atom. The summed E-state index contributed by atoms with van der Waals surface area (Å²) in [6, 6.07) is 5.97. The van der Waals surface area contributed by atoms with Gasteiger partial charge >= 0.3 is 0 Å². The summed E-state index contributed by atoms with van der Waals surface area (Å²) in [5.74, 6) is 1.57. The molecule has 1 aromatic rings. The monoisotopic (exact) mass is 263 g/mol. The second-order valence-electron chi connectivity index (χ2n) is 5.45. The molecule has 0 aromatic heterocycles. The Hall–Kier alpha value is -1.26. The molecule has 2 aliphatic rings. The van der Waals surface area contributed by atoms with E-state index in [2.05, 4.69) is 0 Å². The molecule has 2 fully saturated rings.